The summed E-state index contributed by atoms with van der Waals surface area (Å²) in [7, 11) is 0. The number of morpholine rings is 1. The van der Waals surface area contributed by atoms with Crippen molar-refractivity contribution in [1.82, 2.24) is 4.90 Å². The fourth-order valence-electron chi connectivity index (χ4n) is 2.41. The maximum absolute atomic E-state index is 12.2. The Morgan fingerprint density at radius 1 is 1.04 bits per heavy atom. The van der Waals surface area contributed by atoms with Crippen molar-refractivity contribution in [3.8, 4) is 11.5 Å². The molecule has 2 aromatic carbocycles. The van der Waals surface area contributed by atoms with E-state index in [9.17, 15) is 4.79 Å². The number of carbonyl (C=O) groups excluding carboxylic acids is 1. The lowest BCUT2D eigenvalue weighted by molar-refractivity contribution is -0.133. The van der Waals surface area contributed by atoms with Gasteiger partial charge in [-0.3, -0.25) is 4.79 Å². The number of para-hydroxylation sites is 3. The lowest BCUT2D eigenvalue weighted by Gasteiger charge is -2.27. The number of amides is 1. The maximum atomic E-state index is 12.2. The molecule has 0 spiro atoms. The van der Waals surface area contributed by atoms with Gasteiger partial charge in [0.2, 0.25) is 5.91 Å². The van der Waals surface area contributed by atoms with E-state index in [-0.39, 0.29) is 12.5 Å². The van der Waals surface area contributed by atoms with E-state index in [1.807, 2.05) is 59.5 Å². The van der Waals surface area contributed by atoms with Crippen molar-refractivity contribution in [2.24, 2.45) is 0 Å². The summed E-state index contributed by atoms with van der Waals surface area (Å²) in [5, 5.41) is 3.17. The van der Waals surface area contributed by atoms with Gasteiger partial charge in [0.1, 0.15) is 5.75 Å². The molecule has 5 heteroatoms. The molecule has 1 amide bonds. The van der Waals surface area contributed by atoms with Gasteiger partial charge in [0.15, 0.2) is 5.75 Å². The second kappa shape index (κ2) is 7.65. The highest BCUT2D eigenvalue weighted by molar-refractivity contribution is 5.81. The minimum absolute atomic E-state index is 0.0721. The summed E-state index contributed by atoms with van der Waals surface area (Å²) >= 11 is 0. The first-order chi connectivity index (χ1) is 11.3. The zero-order valence-corrected chi connectivity index (χ0v) is 12.9. The Hall–Kier alpha value is -2.53. The number of anilines is 1. The largest absolute Gasteiger partial charge is 0.455 e. The van der Waals surface area contributed by atoms with Crippen LogP contribution in [-0.2, 0) is 9.53 Å². The Balaban J connectivity index is 1.62. The summed E-state index contributed by atoms with van der Waals surface area (Å²) in [6.45, 7) is 2.78. The first-order valence-electron chi connectivity index (χ1n) is 7.74. The van der Waals surface area contributed by atoms with E-state index in [4.69, 9.17) is 9.47 Å². The van der Waals surface area contributed by atoms with Gasteiger partial charge in [-0.2, -0.15) is 0 Å². The number of hydrogen-bond acceptors (Lipinski definition) is 4. The highest BCUT2D eigenvalue weighted by atomic mass is 16.5. The van der Waals surface area contributed by atoms with E-state index < -0.39 is 0 Å². The number of ether oxygens (including phenoxy) is 2. The predicted octanol–water partition coefficient (Wildman–Crippen LogP) is 2.75. The van der Waals surface area contributed by atoms with Gasteiger partial charge in [-0.05, 0) is 24.3 Å². The number of carbonyl (C=O) groups is 1. The second-order valence-electron chi connectivity index (χ2n) is 5.26. The van der Waals surface area contributed by atoms with Crippen LogP contribution in [0.3, 0.4) is 0 Å². The van der Waals surface area contributed by atoms with Crippen LogP contribution in [0.25, 0.3) is 0 Å². The van der Waals surface area contributed by atoms with Crippen LogP contribution in [0, 0.1) is 0 Å². The number of nitrogens with zero attached hydrogens (tertiary/aromatic N) is 1. The minimum Gasteiger partial charge on any atom is -0.455 e. The van der Waals surface area contributed by atoms with Crippen LogP contribution >= 0.6 is 0 Å². The normalized spacial score (nSPS) is 14.3. The highest BCUT2D eigenvalue weighted by Gasteiger charge is 2.16. The van der Waals surface area contributed by atoms with E-state index in [0.29, 0.717) is 32.1 Å². The molecule has 1 aliphatic rings. The fraction of sp³-hybridized carbons (Fsp3) is 0.278. The van der Waals surface area contributed by atoms with Crippen LogP contribution in [0.15, 0.2) is 54.6 Å². The summed E-state index contributed by atoms with van der Waals surface area (Å²) in [4.78, 5) is 14.0. The van der Waals surface area contributed by atoms with Crippen molar-refractivity contribution in [2.75, 3.05) is 38.2 Å². The first-order valence-corrected chi connectivity index (χ1v) is 7.74. The Kier molecular flexibility index (Phi) is 5.11. The third-order valence-corrected chi connectivity index (χ3v) is 3.65. The lowest BCUT2D eigenvalue weighted by atomic mass is 10.2. The van der Waals surface area contributed by atoms with Crippen molar-refractivity contribution >= 4 is 11.6 Å². The smallest absolute Gasteiger partial charge is 0.242 e. The quantitative estimate of drug-likeness (QED) is 0.922. The average molecular weight is 312 g/mol. The van der Waals surface area contributed by atoms with E-state index in [2.05, 4.69) is 5.32 Å². The summed E-state index contributed by atoms with van der Waals surface area (Å²) in [5.74, 6) is 1.54. The van der Waals surface area contributed by atoms with Crippen LogP contribution < -0.4 is 10.1 Å². The van der Waals surface area contributed by atoms with Gasteiger partial charge in [-0.15, -0.1) is 0 Å². The molecule has 5 nitrogen and oxygen atoms in total. The van der Waals surface area contributed by atoms with E-state index in [1.165, 1.54) is 0 Å². The molecule has 1 fully saturated rings. The molecule has 0 aromatic heterocycles. The Morgan fingerprint density at radius 3 is 2.52 bits per heavy atom. The molecule has 2 aromatic rings. The molecular formula is C18H20N2O3. The third kappa shape index (κ3) is 4.23. The molecule has 0 atom stereocenters. The summed E-state index contributed by atoms with van der Waals surface area (Å²) in [5.41, 5.74) is 0.804. The van der Waals surface area contributed by atoms with E-state index in [1.54, 1.807) is 0 Å². The van der Waals surface area contributed by atoms with Crippen molar-refractivity contribution in [1.29, 1.82) is 0 Å². The van der Waals surface area contributed by atoms with Gasteiger partial charge in [0.05, 0.1) is 25.4 Å². The van der Waals surface area contributed by atoms with E-state index >= 15 is 0 Å². The molecular weight excluding hydrogens is 292 g/mol. The van der Waals surface area contributed by atoms with Crippen molar-refractivity contribution in [3.63, 3.8) is 0 Å². The molecule has 120 valence electrons. The Labute approximate surface area is 135 Å². The molecule has 0 radical (unpaired) electrons. The summed E-state index contributed by atoms with van der Waals surface area (Å²) in [6.07, 6.45) is 0. The molecule has 0 aliphatic carbocycles. The van der Waals surface area contributed by atoms with Crippen molar-refractivity contribution < 1.29 is 14.3 Å². The molecule has 23 heavy (non-hydrogen) atoms. The van der Waals surface area contributed by atoms with Crippen molar-refractivity contribution in [3.05, 3.63) is 54.6 Å². The molecule has 0 bridgehead atoms. The molecule has 0 unspecified atom stereocenters. The lowest BCUT2D eigenvalue weighted by Crippen LogP contribution is -2.43. The number of rotatable bonds is 5. The second-order valence-corrected chi connectivity index (χ2v) is 5.26. The number of hydrogen-bond donors (Lipinski definition) is 1. The van der Waals surface area contributed by atoms with Crippen LogP contribution in [0.1, 0.15) is 0 Å². The minimum atomic E-state index is 0.0721. The maximum Gasteiger partial charge on any atom is 0.242 e. The summed E-state index contributed by atoms with van der Waals surface area (Å²) in [6, 6.07) is 17.2. The van der Waals surface area contributed by atoms with Gasteiger partial charge < -0.3 is 19.7 Å². The summed E-state index contributed by atoms with van der Waals surface area (Å²) < 4.78 is 11.1. The average Bonchev–Trinajstić information content (AvgIpc) is 2.62. The van der Waals surface area contributed by atoms with Crippen LogP contribution in [0.4, 0.5) is 5.69 Å². The van der Waals surface area contributed by atoms with Crippen LogP contribution in [0.2, 0.25) is 0 Å². The van der Waals surface area contributed by atoms with Gasteiger partial charge >= 0.3 is 0 Å². The molecule has 1 N–H and O–H groups in total. The highest BCUT2D eigenvalue weighted by Crippen LogP contribution is 2.28. The van der Waals surface area contributed by atoms with Gasteiger partial charge in [0.25, 0.3) is 0 Å². The van der Waals surface area contributed by atoms with Gasteiger partial charge in [-0.1, -0.05) is 30.3 Å². The van der Waals surface area contributed by atoms with Crippen molar-refractivity contribution in [2.45, 2.75) is 0 Å². The predicted molar refractivity (Wildman–Crippen MR) is 88.8 cm³/mol. The SMILES string of the molecule is O=C(CNc1ccccc1Oc1ccccc1)N1CCOCC1. The Bertz CT molecular complexity index is 640. The molecule has 1 heterocycles. The fourth-order valence-corrected chi connectivity index (χ4v) is 2.41. The number of benzene rings is 2. The first kappa shape index (κ1) is 15.4. The zero-order valence-electron chi connectivity index (χ0n) is 12.9. The van der Waals surface area contributed by atoms with Crippen LogP contribution in [-0.4, -0.2) is 43.7 Å². The molecule has 1 aliphatic heterocycles. The zero-order chi connectivity index (χ0) is 15.9. The van der Waals surface area contributed by atoms with Gasteiger partial charge in [-0.25, -0.2) is 0 Å². The molecule has 0 saturated carbocycles. The van der Waals surface area contributed by atoms with E-state index in [0.717, 1.165) is 11.4 Å². The monoisotopic (exact) mass is 312 g/mol. The van der Waals surface area contributed by atoms with Gasteiger partial charge in [0, 0.05) is 13.1 Å². The number of nitrogens with one attached hydrogen (secondary N) is 1. The molecule has 3 rings (SSSR count). The Morgan fingerprint density at radius 2 is 1.74 bits per heavy atom. The third-order valence-electron chi connectivity index (χ3n) is 3.65. The molecule has 1 saturated heterocycles. The topological polar surface area (TPSA) is 50.8 Å². The van der Waals surface area contributed by atoms with Crippen LogP contribution in [0.5, 0.6) is 11.5 Å². The standard InChI is InChI=1S/C18H20N2O3/c21-18(20-10-12-22-13-11-20)14-19-16-8-4-5-9-17(16)23-15-6-2-1-3-7-15/h1-9,19H,10-14H2.